The average Bonchev–Trinajstić information content (AvgIpc) is 1.57. The van der Waals surface area contributed by atoms with Gasteiger partial charge in [-0.15, -0.1) is 0 Å². The van der Waals surface area contributed by atoms with Gasteiger partial charge < -0.3 is 9.80 Å². The lowest BCUT2D eigenvalue weighted by Gasteiger charge is -2.36. The Labute approximate surface area is 527 Å². The Bertz CT molecular complexity index is 5280. The van der Waals surface area contributed by atoms with Crippen LogP contribution in [0.3, 0.4) is 0 Å². The van der Waals surface area contributed by atoms with Crippen molar-refractivity contribution >= 4 is 77.2 Å². The molecule has 2 nitrogen and oxygen atoms in total. The maximum absolute atomic E-state index is 2.63. The first-order valence-corrected chi connectivity index (χ1v) is 31.8. The van der Waals surface area contributed by atoms with Gasteiger partial charge in [0.25, 0.3) is 0 Å². The van der Waals surface area contributed by atoms with Crippen LogP contribution < -0.4 is 9.80 Å². The third-order valence-corrected chi connectivity index (χ3v) is 21.0. The number of fused-ring (bicyclic) bond motifs is 15. The van der Waals surface area contributed by atoms with E-state index in [4.69, 9.17) is 0 Å². The van der Waals surface area contributed by atoms with Crippen LogP contribution >= 0.6 is 0 Å². The second-order valence-electron chi connectivity index (χ2n) is 25.2. The summed E-state index contributed by atoms with van der Waals surface area (Å²) in [6, 6.07) is 120. The summed E-state index contributed by atoms with van der Waals surface area (Å²) < 4.78 is 0. The van der Waals surface area contributed by atoms with Gasteiger partial charge in [0.05, 0.1) is 28.2 Å². The zero-order valence-corrected chi connectivity index (χ0v) is 49.4. The highest BCUT2D eigenvalue weighted by molar-refractivity contribution is 6.25. The van der Waals surface area contributed by atoms with Gasteiger partial charge in [0, 0.05) is 33.6 Å². The fourth-order valence-electron chi connectivity index (χ4n) is 17.5. The molecule has 0 saturated heterocycles. The first-order valence-electron chi connectivity index (χ1n) is 31.8. The summed E-state index contributed by atoms with van der Waals surface area (Å²) >= 11 is 0. The zero-order valence-electron chi connectivity index (χ0n) is 49.4. The van der Waals surface area contributed by atoms with Crippen molar-refractivity contribution in [2.45, 2.75) is 5.41 Å². The van der Waals surface area contributed by atoms with Crippen LogP contribution in [-0.2, 0) is 5.41 Å². The molecule has 0 unspecified atom stereocenters. The van der Waals surface area contributed by atoms with Gasteiger partial charge in [0.2, 0.25) is 0 Å². The van der Waals surface area contributed by atoms with E-state index in [-0.39, 0.29) is 0 Å². The van der Waals surface area contributed by atoms with Crippen molar-refractivity contribution in [1.82, 2.24) is 0 Å². The summed E-state index contributed by atoms with van der Waals surface area (Å²) in [5.41, 5.74) is 33.7. The maximum Gasteiger partial charge on any atom is 0.0715 e. The normalized spacial score (nSPS) is 13.1. The van der Waals surface area contributed by atoms with Crippen molar-refractivity contribution in [3.63, 3.8) is 0 Å². The summed E-state index contributed by atoms with van der Waals surface area (Å²) in [5.74, 6) is 0. The predicted molar refractivity (Wildman–Crippen MR) is 381 cm³/mol. The molecule has 0 saturated carbocycles. The molecule has 0 spiro atoms. The molecule has 0 amide bonds. The Balaban J connectivity index is 0.859. The zero-order chi connectivity index (χ0) is 59.2. The van der Waals surface area contributed by atoms with Crippen LogP contribution in [0.15, 0.2) is 315 Å². The van der Waals surface area contributed by atoms with Gasteiger partial charge in [-0.05, 0) is 192 Å². The Kier molecular flexibility index (Phi) is 9.80. The standard InChI is InChI=1S/C89H52N2/c1-3-23-57(24-4-1)89(58-25-5-2-6-26-58)75-51-59(90(77-47-39-53-19-15-35-67-61-27-7-11-31-71(61)85(77)81(53)67)78-48-40-54-20-16-36-68-62-28-8-12-32-72(62)86(78)82(54)68)43-45-65(75)66-46-44-60(52-76(66)89)91(79-49-41-55-21-17-37-69-63-29-9-13-33-73(63)87(79)83(55)69)80-50-42-56-22-18-38-70-64-30-10-14-34-74(64)88(80)84(56)70/h1-52H. The highest BCUT2D eigenvalue weighted by Gasteiger charge is 2.48. The Morgan fingerprint density at radius 2 is 0.451 bits per heavy atom. The Hall–Kier alpha value is -11.8. The van der Waals surface area contributed by atoms with Crippen LogP contribution in [-0.4, -0.2) is 0 Å². The summed E-state index contributed by atoms with van der Waals surface area (Å²) in [7, 11) is 0. The summed E-state index contributed by atoms with van der Waals surface area (Å²) in [6.07, 6.45) is 0. The van der Waals surface area contributed by atoms with E-state index in [2.05, 4.69) is 325 Å². The second kappa shape index (κ2) is 18.1. The van der Waals surface area contributed by atoms with E-state index in [1.165, 1.54) is 165 Å². The van der Waals surface area contributed by atoms with Crippen LogP contribution in [0.5, 0.6) is 0 Å². The molecule has 0 aromatic heterocycles. The maximum atomic E-state index is 2.63. The van der Waals surface area contributed by atoms with Crippen LogP contribution in [0.4, 0.5) is 34.1 Å². The first kappa shape index (κ1) is 49.2. The minimum Gasteiger partial charge on any atom is -0.309 e. The molecule has 0 fully saturated rings. The topological polar surface area (TPSA) is 6.48 Å². The molecule has 16 aromatic carbocycles. The van der Waals surface area contributed by atoms with E-state index < -0.39 is 5.41 Å². The fourth-order valence-corrected chi connectivity index (χ4v) is 17.5. The molecule has 0 aliphatic heterocycles. The smallest absolute Gasteiger partial charge is 0.0715 e. The van der Waals surface area contributed by atoms with Gasteiger partial charge in [-0.25, -0.2) is 0 Å². The van der Waals surface area contributed by atoms with E-state index >= 15 is 0 Å². The van der Waals surface area contributed by atoms with Crippen molar-refractivity contribution in [2.24, 2.45) is 0 Å². The van der Waals surface area contributed by atoms with Gasteiger partial charge in [-0.2, -0.15) is 0 Å². The third kappa shape index (κ3) is 6.40. The van der Waals surface area contributed by atoms with Gasteiger partial charge >= 0.3 is 0 Å². The number of hydrogen-bond acceptors (Lipinski definition) is 2. The highest BCUT2D eigenvalue weighted by atomic mass is 15.2. The van der Waals surface area contributed by atoms with Crippen LogP contribution in [0.2, 0.25) is 0 Å². The summed E-state index contributed by atoms with van der Waals surface area (Å²) in [6.45, 7) is 0. The lowest BCUT2D eigenvalue weighted by molar-refractivity contribution is 0.768. The van der Waals surface area contributed by atoms with E-state index in [0.717, 1.165) is 34.1 Å². The molecule has 5 aliphatic carbocycles. The lowest BCUT2D eigenvalue weighted by Crippen LogP contribution is -2.29. The van der Waals surface area contributed by atoms with Gasteiger partial charge in [-0.1, -0.05) is 267 Å². The predicted octanol–water partition coefficient (Wildman–Crippen LogP) is 24.2. The first-order chi connectivity index (χ1) is 45.2. The average molecular weight is 1150 g/mol. The molecule has 0 bridgehead atoms. The monoisotopic (exact) mass is 1150 g/mol. The SMILES string of the molecule is c1ccc(C2(c3ccccc3)c3cc(N(c4ccc5cccc6c5c4-c4ccccc4-6)c4ccc5cccc6c5c4-c4ccccc4-6)ccc3-c3ccc(N(c4ccc5cccc6c5c4-c4ccccc4-6)c4ccc5cccc6c5c4-c4ccccc4-6)cc32)cc1. The van der Waals surface area contributed by atoms with E-state index in [1.54, 1.807) is 0 Å². The molecular weight excluding hydrogens is 1100 g/mol. The molecule has 0 radical (unpaired) electrons. The molecule has 5 aliphatic rings. The number of hydrogen-bond donors (Lipinski definition) is 0. The number of benzene rings is 16. The van der Waals surface area contributed by atoms with E-state index in [9.17, 15) is 0 Å². The van der Waals surface area contributed by atoms with Gasteiger partial charge in [-0.3, -0.25) is 0 Å². The van der Waals surface area contributed by atoms with Gasteiger partial charge in [0.1, 0.15) is 0 Å². The Morgan fingerprint density at radius 3 is 0.747 bits per heavy atom. The quantitative estimate of drug-likeness (QED) is 0.150. The second-order valence-corrected chi connectivity index (χ2v) is 25.2. The lowest BCUT2D eigenvalue weighted by atomic mass is 9.67. The van der Waals surface area contributed by atoms with Crippen molar-refractivity contribution < 1.29 is 0 Å². The summed E-state index contributed by atoms with van der Waals surface area (Å²) in [5, 5.41) is 10.2. The summed E-state index contributed by atoms with van der Waals surface area (Å²) in [4.78, 5) is 5.25. The third-order valence-electron chi connectivity index (χ3n) is 21.0. The minimum absolute atomic E-state index is 0.781. The van der Waals surface area contributed by atoms with Crippen molar-refractivity contribution in [3.05, 3.63) is 338 Å². The van der Waals surface area contributed by atoms with E-state index in [1.807, 2.05) is 0 Å². The van der Waals surface area contributed by atoms with Crippen LogP contribution in [0.1, 0.15) is 22.3 Å². The molecule has 0 heterocycles. The number of anilines is 6. The van der Waals surface area contributed by atoms with Crippen molar-refractivity contribution in [1.29, 1.82) is 0 Å². The molecule has 16 aromatic rings. The van der Waals surface area contributed by atoms with Crippen molar-refractivity contribution in [3.8, 4) is 100 Å². The molecule has 0 atom stereocenters. The fraction of sp³-hybridized carbons (Fsp3) is 0.0112. The van der Waals surface area contributed by atoms with Gasteiger partial charge in [0.15, 0.2) is 0 Å². The highest BCUT2D eigenvalue weighted by Crippen LogP contribution is 2.64. The molecule has 0 N–H and O–H groups in total. The Morgan fingerprint density at radius 1 is 0.187 bits per heavy atom. The molecule has 21 rings (SSSR count). The molecule has 91 heavy (non-hydrogen) atoms. The van der Waals surface area contributed by atoms with Crippen LogP contribution in [0, 0.1) is 0 Å². The molecular formula is C89H52N2. The van der Waals surface area contributed by atoms with E-state index in [0.29, 0.717) is 0 Å². The number of nitrogens with zero attached hydrogens (tertiary/aromatic N) is 2. The minimum atomic E-state index is -0.781. The van der Waals surface area contributed by atoms with Crippen LogP contribution in [0.25, 0.3) is 143 Å². The largest absolute Gasteiger partial charge is 0.309 e. The van der Waals surface area contributed by atoms with Crippen molar-refractivity contribution in [2.75, 3.05) is 9.80 Å². The molecule has 418 valence electrons. The number of rotatable bonds is 8. The molecule has 2 heteroatoms.